The molecule has 1 aromatic rings. The fourth-order valence-corrected chi connectivity index (χ4v) is 1.66. The molecule has 0 bridgehead atoms. The topological polar surface area (TPSA) is 72.3 Å². The average Bonchev–Trinajstić information content (AvgIpc) is 2.75. The maximum atomic E-state index is 12.0. The van der Waals surface area contributed by atoms with Crippen molar-refractivity contribution < 1.29 is 9.53 Å². The highest BCUT2D eigenvalue weighted by Crippen LogP contribution is 2.10. The van der Waals surface area contributed by atoms with E-state index < -0.39 is 0 Å². The molecule has 1 aromatic heterocycles. The van der Waals surface area contributed by atoms with E-state index in [0.29, 0.717) is 31.5 Å². The molecule has 0 aliphatic carbocycles. The molecule has 1 N–H and O–H groups in total. The summed E-state index contributed by atoms with van der Waals surface area (Å²) >= 11 is 0. The molecule has 0 spiro atoms. The van der Waals surface area contributed by atoms with E-state index in [-0.39, 0.29) is 5.91 Å². The number of likely N-dealkylation sites (N-methyl/N-ethyl adjacent to an activating group) is 1. The minimum absolute atomic E-state index is 0.117. The molecule has 18 heavy (non-hydrogen) atoms. The third-order valence-corrected chi connectivity index (χ3v) is 2.99. The number of carbonyl (C=O) groups is 1. The van der Waals surface area contributed by atoms with Gasteiger partial charge in [-0.1, -0.05) is 5.21 Å². The van der Waals surface area contributed by atoms with Crippen molar-refractivity contribution in [3.8, 4) is 0 Å². The van der Waals surface area contributed by atoms with Crippen LogP contribution < -0.4 is 5.32 Å². The molecule has 0 aromatic carbocycles. The predicted octanol–water partition coefficient (Wildman–Crippen LogP) is -0.469. The molecular weight excluding hydrogens is 234 g/mol. The standard InChI is InChI=1S/C11H19N5O2/c1-3-18-5-4-15(2)11(17)10-8-16(14-13-10)9-6-12-7-9/h8-9,12H,3-7H2,1-2H3. The molecule has 7 nitrogen and oxygen atoms in total. The fraction of sp³-hybridized carbons (Fsp3) is 0.727. The van der Waals surface area contributed by atoms with Crippen LogP contribution in [0.1, 0.15) is 23.5 Å². The van der Waals surface area contributed by atoms with Crippen molar-refractivity contribution in [1.82, 2.24) is 25.2 Å². The van der Waals surface area contributed by atoms with Gasteiger partial charge in [-0.05, 0) is 6.92 Å². The first kappa shape index (κ1) is 13.0. The van der Waals surface area contributed by atoms with Crippen LogP contribution in [0.25, 0.3) is 0 Å². The molecule has 0 atom stereocenters. The summed E-state index contributed by atoms with van der Waals surface area (Å²) < 4.78 is 6.97. The first-order valence-electron chi connectivity index (χ1n) is 6.18. The second-order valence-electron chi connectivity index (χ2n) is 4.32. The Morgan fingerprint density at radius 3 is 3.06 bits per heavy atom. The Morgan fingerprint density at radius 1 is 1.67 bits per heavy atom. The molecule has 1 fully saturated rings. The summed E-state index contributed by atoms with van der Waals surface area (Å²) in [5.41, 5.74) is 0.390. The van der Waals surface area contributed by atoms with E-state index in [9.17, 15) is 4.79 Å². The van der Waals surface area contributed by atoms with Gasteiger partial charge in [0.15, 0.2) is 5.69 Å². The molecular formula is C11H19N5O2. The van der Waals surface area contributed by atoms with Crippen molar-refractivity contribution in [2.75, 3.05) is 39.9 Å². The average molecular weight is 253 g/mol. The van der Waals surface area contributed by atoms with Crippen LogP contribution in [0.15, 0.2) is 6.20 Å². The summed E-state index contributed by atoms with van der Waals surface area (Å²) in [5.74, 6) is -0.117. The third kappa shape index (κ3) is 2.85. The van der Waals surface area contributed by atoms with Gasteiger partial charge in [0.2, 0.25) is 0 Å². The number of hydrogen-bond acceptors (Lipinski definition) is 5. The summed E-state index contributed by atoms with van der Waals surface area (Å²) in [6.45, 7) is 5.46. The van der Waals surface area contributed by atoms with E-state index >= 15 is 0 Å². The van der Waals surface area contributed by atoms with E-state index in [1.807, 2.05) is 6.92 Å². The zero-order chi connectivity index (χ0) is 13.0. The van der Waals surface area contributed by atoms with Crippen LogP contribution in [0.3, 0.4) is 0 Å². The molecule has 7 heteroatoms. The van der Waals surface area contributed by atoms with Crippen LogP contribution in [0.5, 0.6) is 0 Å². The van der Waals surface area contributed by atoms with Crippen LogP contribution in [0.2, 0.25) is 0 Å². The molecule has 1 amide bonds. The second kappa shape index (κ2) is 5.92. The van der Waals surface area contributed by atoms with Crippen molar-refractivity contribution in [1.29, 1.82) is 0 Å². The first-order chi connectivity index (χ1) is 8.72. The maximum absolute atomic E-state index is 12.0. The number of rotatable bonds is 6. The second-order valence-corrected chi connectivity index (χ2v) is 4.32. The Labute approximate surface area is 106 Å². The van der Waals surface area contributed by atoms with E-state index in [2.05, 4.69) is 15.6 Å². The third-order valence-electron chi connectivity index (χ3n) is 2.99. The van der Waals surface area contributed by atoms with Crippen LogP contribution >= 0.6 is 0 Å². The lowest BCUT2D eigenvalue weighted by atomic mass is 10.2. The first-order valence-corrected chi connectivity index (χ1v) is 6.18. The van der Waals surface area contributed by atoms with Crippen LogP contribution in [-0.4, -0.2) is 65.7 Å². The number of aromatic nitrogens is 3. The quantitative estimate of drug-likeness (QED) is 0.694. The highest BCUT2D eigenvalue weighted by Gasteiger charge is 2.22. The van der Waals surface area contributed by atoms with Gasteiger partial charge < -0.3 is 15.0 Å². The number of hydrogen-bond donors (Lipinski definition) is 1. The number of nitrogens with zero attached hydrogens (tertiary/aromatic N) is 4. The van der Waals surface area contributed by atoms with Crippen LogP contribution in [0.4, 0.5) is 0 Å². The summed E-state index contributed by atoms with van der Waals surface area (Å²) in [5, 5.41) is 11.1. The van der Waals surface area contributed by atoms with Crippen molar-refractivity contribution >= 4 is 5.91 Å². The lowest BCUT2D eigenvalue weighted by Gasteiger charge is -2.26. The van der Waals surface area contributed by atoms with E-state index in [0.717, 1.165) is 13.1 Å². The van der Waals surface area contributed by atoms with Crippen LogP contribution in [0, 0.1) is 0 Å². The Hall–Kier alpha value is -1.47. The summed E-state index contributed by atoms with van der Waals surface area (Å²) in [6, 6.07) is 0.327. The Bertz CT molecular complexity index is 402. The Morgan fingerprint density at radius 2 is 2.44 bits per heavy atom. The van der Waals surface area contributed by atoms with E-state index in [1.165, 1.54) is 0 Å². The van der Waals surface area contributed by atoms with Gasteiger partial charge in [-0.3, -0.25) is 4.79 Å². The normalized spacial score (nSPS) is 15.4. The summed E-state index contributed by atoms with van der Waals surface area (Å²) in [7, 11) is 1.74. The summed E-state index contributed by atoms with van der Waals surface area (Å²) in [4.78, 5) is 13.6. The highest BCUT2D eigenvalue weighted by molar-refractivity contribution is 5.91. The van der Waals surface area contributed by atoms with Gasteiger partial charge in [-0.2, -0.15) is 0 Å². The SMILES string of the molecule is CCOCCN(C)C(=O)c1cn(C2CNC2)nn1. The zero-order valence-electron chi connectivity index (χ0n) is 10.8. The molecule has 2 heterocycles. The van der Waals surface area contributed by atoms with Gasteiger partial charge in [0, 0.05) is 33.3 Å². The van der Waals surface area contributed by atoms with Gasteiger partial charge in [0.05, 0.1) is 18.8 Å². The lowest BCUT2D eigenvalue weighted by Crippen LogP contribution is -2.43. The van der Waals surface area contributed by atoms with Gasteiger partial charge >= 0.3 is 0 Å². The molecule has 0 saturated carbocycles. The van der Waals surface area contributed by atoms with Gasteiger partial charge in [-0.15, -0.1) is 5.10 Å². The number of carbonyl (C=O) groups excluding carboxylic acids is 1. The Balaban J connectivity index is 1.89. The zero-order valence-corrected chi connectivity index (χ0v) is 10.8. The lowest BCUT2D eigenvalue weighted by molar-refractivity contribution is 0.0704. The maximum Gasteiger partial charge on any atom is 0.275 e. The molecule has 2 rings (SSSR count). The fourth-order valence-electron chi connectivity index (χ4n) is 1.66. The monoisotopic (exact) mass is 253 g/mol. The van der Waals surface area contributed by atoms with Gasteiger partial charge in [0.25, 0.3) is 5.91 Å². The molecule has 100 valence electrons. The van der Waals surface area contributed by atoms with Crippen molar-refractivity contribution in [3.05, 3.63) is 11.9 Å². The number of amides is 1. The predicted molar refractivity (Wildman–Crippen MR) is 65.4 cm³/mol. The molecule has 0 unspecified atom stereocenters. The number of nitrogens with one attached hydrogen (secondary N) is 1. The van der Waals surface area contributed by atoms with Crippen molar-refractivity contribution in [3.63, 3.8) is 0 Å². The van der Waals surface area contributed by atoms with E-state index in [4.69, 9.17) is 4.74 Å². The molecule has 0 radical (unpaired) electrons. The molecule has 1 saturated heterocycles. The van der Waals surface area contributed by atoms with E-state index in [1.54, 1.807) is 22.8 Å². The minimum atomic E-state index is -0.117. The van der Waals surface area contributed by atoms with Crippen LogP contribution in [-0.2, 0) is 4.74 Å². The molecule has 1 aliphatic rings. The minimum Gasteiger partial charge on any atom is -0.380 e. The highest BCUT2D eigenvalue weighted by atomic mass is 16.5. The Kier molecular flexibility index (Phi) is 4.27. The largest absolute Gasteiger partial charge is 0.380 e. The van der Waals surface area contributed by atoms with Crippen molar-refractivity contribution in [2.24, 2.45) is 0 Å². The smallest absolute Gasteiger partial charge is 0.275 e. The molecule has 1 aliphatic heterocycles. The summed E-state index contributed by atoms with van der Waals surface area (Å²) in [6.07, 6.45) is 1.71. The number of ether oxygens (including phenoxy) is 1. The van der Waals surface area contributed by atoms with Gasteiger partial charge in [0.1, 0.15) is 0 Å². The van der Waals surface area contributed by atoms with Crippen molar-refractivity contribution in [2.45, 2.75) is 13.0 Å². The van der Waals surface area contributed by atoms with Gasteiger partial charge in [-0.25, -0.2) is 4.68 Å².